The minimum absolute atomic E-state index is 0.0384. The molecule has 0 atom stereocenters. The first-order valence-electron chi connectivity index (χ1n) is 12.6. The van der Waals surface area contributed by atoms with E-state index in [1.54, 1.807) is 12.0 Å². The normalized spacial score (nSPS) is 11.2. The number of hydrogen-bond acceptors (Lipinski definition) is 6. The van der Waals surface area contributed by atoms with Gasteiger partial charge in [0.1, 0.15) is 17.2 Å². The van der Waals surface area contributed by atoms with Crippen molar-refractivity contribution < 1.29 is 9.53 Å². The number of aromatic nitrogens is 3. The fraction of sp³-hybridized carbons (Fsp3) is 0.345. The Morgan fingerprint density at radius 2 is 1.65 bits per heavy atom. The van der Waals surface area contributed by atoms with Gasteiger partial charge in [-0.1, -0.05) is 18.2 Å². The Morgan fingerprint density at radius 1 is 0.946 bits per heavy atom. The number of para-hydroxylation sites is 1. The zero-order valence-corrected chi connectivity index (χ0v) is 22.6. The highest BCUT2D eigenvalue weighted by atomic mass is 16.5. The van der Waals surface area contributed by atoms with Crippen LogP contribution in [0.3, 0.4) is 0 Å². The van der Waals surface area contributed by atoms with Crippen LogP contribution in [-0.2, 0) is 0 Å². The van der Waals surface area contributed by atoms with E-state index in [1.807, 2.05) is 70.1 Å². The molecule has 0 spiro atoms. The molecule has 8 heteroatoms. The molecule has 0 aliphatic rings. The third-order valence-corrected chi connectivity index (χ3v) is 6.65. The summed E-state index contributed by atoms with van der Waals surface area (Å²) in [5.74, 6) is 1.47. The van der Waals surface area contributed by atoms with Gasteiger partial charge in [-0.15, -0.1) is 0 Å². The lowest BCUT2D eigenvalue weighted by atomic mass is 10.0. The fourth-order valence-corrected chi connectivity index (χ4v) is 4.46. The van der Waals surface area contributed by atoms with Gasteiger partial charge in [-0.3, -0.25) is 4.79 Å². The van der Waals surface area contributed by atoms with E-state index in [0.717, 1.165) is 58.7 Å². The lowest BCUT2D eigenvalue weighted by Crippen LogP contribution is -2.35. The molecule has 4 rings (SSSR count). The Labute approximate surface area is 218 Å². The van der Waals surface area contributed by atoms with Gasteiger partial charge in [-0.05, 0) is 46.1 Å². The van der Waals surface area contributed by atoms with Gasteiger partial charge >= 0.3 is 0 Å². The average Bonchev–Trinajstić information content (AvgIpc) is 3.35. The maximum Gasteiger partial charge on any atom is 0.257 e. The summed E-state index contributed by atoms with van der Waals surface area (Å²) in [6.07, 6.45) is 5.61. The molecule has 1 amide bonds. The summed E-state index contributed by atoms with van der Waals surface area (Å²) >= 11 is 0. The predicted molar refractivity (Wildman–Crippen MR) is 150 cm³/mol. The van der Waals surface area contributed by atoms with Crippen LogP contribution in [-0.4, -0.2) is 85.1 Å². The van der Waals surface area contributed by atoms with Crippen LogP contribution in [0.1, 0.15) is 24.2 Å². The van der Waals surface area contributed by atoms with Gasteiger partial charge in [-0.25, -0.2) is 9.97 Å². The number of pyridine rings is 2. The Bertz CT molecular complexity index is 1380. The highest BCUT2D eigenvalue weighted by molar-refractivity contribution is 6.01. The van der Waals surface area contributed by atoms with E-state index in [0.29, 0.717) is 17.9 Å². The highest BCUT2D eigenvalue weighted by Gasteiger charge is 2.22. The van der Waals surface area contributed by atoms with Crippen molar-refractivity contribution in [1.29, 1.82) is 0 Å². The molecule has 0 aliphatic carbocycles. The quantitative estimate of drug-likeness (QED) is 0.338. The van der Waals surface area contributed by atoms with Crippen LogP contribution >= 0.6 is 0 Å². The van der Waals surface area contributed by atoms with E-state index in [-0.39, 0.29) is 5.91 Å². The monoisotopic (exact) mass is 500 g/mol. The first-order valence-corrected chi connectivity index (χ1v) is 12.6. The molecule has 0 aliphatic heterocycles. The third kappa shape index (κ3) is 5.44. The van der Waals surface area contributed by atoms with Crippen LogP contribution in [0.4, 0.5) is 5.82 Å². The smallest absolute Gasteiger partial charge is 0.257 e. The molecule has 1 N–H and O–H groups in total. The number of hydrogen-bond donors (Lipinski definition) is 1. The molecule has 8 nitrogen and oxygen atoms in total. The van der Waals surface area contributed by atoms with E-state index >= 15 is 0 Å². The first kappa shape index (κ1) is 26.2. The molecular weight excluding hydrogens is 464 g/mol. The number of ether oxygens (including phenoxy) is 1. The molecule has 0 radical (unpaired) electrons. The molecule has 4 aromatic rings. The Balaban J connectivity index is 1.79. The van der Waals surface area contributed by atoms with Gasteiger partial charge in [0.15, 0.2) is 0 Å². The molecule has 0 fully saturated rings. The van der Waals surface area contributed by atoms with Crippen molar-refractivity contribution in [2.75, 3.05) is 59.3 Å². The van der Waals surface area contributed by atoms with Gasteiger partial charge in [0, 0.05) is 79.5 Å². The van der Waals surface area contributed by atoms with Gasteiger partial charge in [-0.2, -0.15) is 0 Å². The highest BCUT2D eigenvalue weighted by Crippen LogP contribution is 2.36. The summed E-state index contributed by atoms with van der Waals surface area (Å²) in [6, 6.07) is 12.0. The summed E-state index contributed by atoms with van der Waals surface area (Å²) < 4.78 is 5.59. The number of amides is 1. The molecular formula is C29H36N6O2. The zero-order chi connectivity index (χ0) is 26.5. The van der Waals surface area contributed by atoms with Gasteiger partial charge < -0.3 is 24.4 Å². The van der Waals surface area contributed by atoms with E-state index in [4.69, 9.17) is 9.72 Å². The molecule has 3 aromatic heterocycles. The standard InChI is InChI=1S/C29H36N6O2/c1-7-35(8-2)28-24(29(36)34(5)14-13-33(3)4)16-21(18-32-28)20-15-23-25(19-31-27(23)30-17-20)22-11-9-10-12-26(22)37-6/h9-12,15-19H,7-8,13-14H2,1-6H3,(H,30,31). The van der Waals surface area contributed by atoms with Crippen molar-refractivity contribution in [1.82, 2.24) is 24.8 Å². The Hall–Kier alpha value is -3.91. The maximum absolute atomic E-state index is 13.6. The van der Waals surface area contributed by atoms with Crippen LogP contribution in [0.15, 0.2) is 55.0 Å². The molecule has 37 heavy (non-hydrogen) atoms. The van der Waals surface area contributed by atoms with Crippen molar-refractivity contribution in [3.63, 3.8) is 0 Å². The van der Waals surface area contributed by atoms with Crippen LogP contribution in [0.2, 0.25) is 0 Å². The second kappa shape index (κ2) is 11.4. The number of rotatable bonds is 10. The van der Waals surface area contributed by atoms with E-state index in [1.165, 1.54) is 0 Å². The number of likely N-dealkylation sites (N-methyl/N-ethyl adjacent to an activating group) is 2. The van der Waals surface area contributed by atoms with Crippen LogP contribution in [0, 0.1) is 0 Å². The summed E-state index contributed by atoms with van der Waals surface area (Å²) in [4.78, 5) is 32.3. The second-order valence-corrected chi connectivity index (χ2v) is 9.32. The van der Waals surface area contributed by atoms with Crippen molar-refractivity contribution in [2.45, 2.75) is 13.8 Å². The minimum Gasteiger partial charge on any atom is -0.496 e. The number of aromatic amines is 1. The number of anilines is 1. The number of carbonyl (C=O) groups excluding carboxylic acids is 1. The molecule has 0 unspecified atom stereocenters. The molecule has 0 bridgehead atoms. The Morgan fingerprint density at radius 3 is 2.35 bits per heavy atom. The summed E-state index contributed by atoms with van der Waals surface area (Å²) in [5.41, 5.74) is 5.13. The summed E-state index contributed by atoms with van der Waals surface area (Å²) in [5, 5.41) is 0.978. The van der Waals surface area contributed by atoms with Crippen LogP contribution in [0.25, 0.3) is 33.3 Å². The molecule has 0 saturated heterocycles. The fourth-order valence-electron chi connectivity index (χ4n) is 4.46. The minimum atomic E-state index is -0.0384. The van der Waals surface area contributed by atoms with Crippen molar-refractivity contribution in [3.05, 3.63) is 60.6 Å². The molecule has 3 heterocycles. The number of fused-ring (bicyclic) bond motifs is 1. The summed E-state index contributed by atoms with van der Waals surface area (Å²) in [6.45, 7) is 7.11. The number of carbonyl (C=O) groups is 1. The lowest BCUT2D eigenvalue weighted by molar-refractivity contribution is 0.0786. The second-order valence-electron chi connectivity index (χ2n) is 9.32. The molecule has 194 valence electrons. The van der Waals surface area contributed by atoms with Gasteiger partial charge in [0.05, 0.1) is 12.7 Å². The number of nitrogens with one attached hydrogen (secondary N) is 1. The number of H-pyrrole nitrogens is 1. The molecule has 1 aromatic carbocycles. The number of nitrogens with zero attached hydrogens (tertiary/aromatic N) is 5. The average molecular weight is 501 g/mol. The van der Waals surface area contributed by atoms with E-state index < -0.39 is 0 Å². The predicted octanol–water partition coefficient (Wildman–Crippen LogP) is 4.78. The Kier molecular flexibility index (Phi) is 8.08. The zero-order valence-electron chi connectivity index (χ0n) is 22.6. The van der Waals surface area contributed by atoms with Crippen molar-refractivity contribution in [2.24, 2.45) is 0 Å². The largest absolute Gasteiger partial charge is 0.496 e. The SMILES string of the molecule is CCN(CC)c1ncc(-c2cnc3[nH]cc(-c4ccccc4OC)c3c2)cc1C(=O)N(C)CCN(C)C. The third-order valence-electron chi connectivity index (χ3n) is 6.65. The summed E-state index contributed by atoms with van der Waals surface area (Å²) in [7, 11) is 7.53. The van der Waals surface area contributed by atoms with Crippen LogP contribution in [0.5, 0.6) is 5.75 Å². The lowest BCUT2D eigenvalue weighted by Gasteiger charge is -2.26. The maximum atomic E-state index is 13.6. The topological polar surface area (TPSA) is 77.6 Å². The van der Waals surface area contributed by atoms with Crippen molar-refractivity contribution >= 4 is 22.8 Å². The van der Waals surface area contributed by atoms with E-state index in [2.05, 4.69) is 39.7 Å². The first-order chi connectivity index (χ1) is 17.9. The van der Waals surface area contributed by atoms with Crippen molar-refractivity contribution in [3.8, 4) is 28.0 Å². The molecule has 0 saturated carbocycles. The van der Waals surface area contributed by atoms with E-state index in [9.17, 15) is 4.79 Å². The van der Waals surface area contributed by atoms with Gasteiger partial charge in [0.25, 0.3) is 5.91 Å². The van der Waals surface area contributed by atoms with Gasteiger partial charge in [0.2, 0.25) is 0 Å². The van der Waals surface area contributed by atoms with Crippen LogP contribution < -0.4 is 9.64 Å². The number of methoxy groups -OCH3 is 1. The number of benzene rings is 1.